The summed E-state index contributed by atoms with van der Waals surface area (Å²) in [6.45, 7) is 0. The summed E-state index contributed by atoms with van der Waals surface area (Å²) < 4.78 is 22.9. The lowest BCUT2D eigenvalue weighted by Crippen LogP contribution is -2.15. The highest BCUT2D eigenvalue weighted by atomic mass is 79.9. The Morgan fingerprint density at radius 3 is 2.87 bits per heavy atom. The summed E-state index contributed by atoms with van der Waals surface area (Å²) in [6.07, 6.45) is 0.187. The van der Waals surface area contributed by atoms with Gasteiger partial charge in [-0.05, 0) is 51.8 Å². The van der Waals surface area contributed by atoms with Crippen LogP contribution in [0.15, 0.2) is 51.7 Å². The summed E-state index contributed by atoms with van der Waals surface area (Å²) in [5.74, 6) is -0.342. The summed E-state index contributed by atoms with van der Waals surface area (Å²) in [5, 5.41) is 17.2. The number of benzene rings is 2. The van der Waals surface area contributed by atoms with Crippen LogP contribution in [0.2, 0.25) is 5.02 Å². The van der Waals surface area contributed by atoms with Gasteiger partial charge in [-0.1, -0.05) is 17.7 Å². The highest BCUT2D eigenvalue weighted by Crippen LogP contribution is 2.36. The monoisotopic (exact) mass is 486 g/mol. The van der Waals surface area contributed by atoms with Crippen LogP contribution in [-0.4, -0.2) is 14.8 Å². The largest absolute Gasteiger partial charge is 0.453 e. The van der Waals surface area contributed by atoms with Gasteiger partial charge in [0.2, 0.25) is 0 Å². The van der Waals surface area contributed by atoms with Gasteiger partial charge in [0.05, 0.1) is 21.8 Å². The average Bonchev–Trinajstić information content (AvgIpc) is 3.13. The Bertz CT molecular complexity index is 1390. The number of H-pyrrole nitrogens is 1. The summed E-state index contributed by atoms with van der Waals surface area (Å²) >= 11 is 9.31. The van der Waals surface area contributed by atoms with E-state index in [1.165, 1.54) is 28.8 Å². The van der Waals surface area contributed by atoms with E-state index >= 15 is 4.39 Å². The number of aryl methyl sites for hydroxylation is 1. The molecule has 4 aromatic rings. The molecular weight excluding hydrogens is 475 g/mol. The molecule has 4 rings (SSSR count). The first-order chi connectivity index (χ1) is 14.4. The van der Waals surface area contributed by atoms with Crippen LogP contribution < -0.4 is 10.3 Å². The van der Waals surface area contributed by atoms with Gasteiger partial charge < -0.3 is 4.74 Å². The fourth-order valence-corrected chi connectivity index (χ4v) is 3.72. The highest BCUT2D eigenvalue weighted by Gasteiger charge is 2.18. The Hall–Kier alpha value is -3.15. The molecule has 0 amide bonds. The van der Waals surface area contributed by atoms with Gasteiger partial charge >= 0.3 is 0 Å². The second-order valence-corrected chi connectivity index (χ2v) is 7.87. The van der Waals surface area contributed by atoms with Gasteiger partial charge in [-0.3, -0.25) is 14.5 Å². The number of ether oxygens (including phenoxy) is 1. The van der Waals surface area contributed by atoms with Crippen LogP contribution >= 0.6 is 27.5 Å². The zero-order chi connectivity index (χ0) is 21.4. The van der Waals surface area contributed by atoms with Gasteiger partial charge in [-0.2, -0.15) is 10.4 Å². The van der Waals surface area contributed by atoms with Gasteiger partial charge in [0.25, 0.3) is 5.56 Å². The van der Waals surface area contributed by atoms with E-state index in [2.05, 4.69) is 26.1 Å². The van der Waals surface area contributed by atoms with E-state index in [4.69, 9.17) is 21.6 Å². The molecule has 2 aromatic heterocycles. The van der Waals surface area contributed by atoms with Crippen LogP contribution in [0.4, 0.5) is 4.39 Å². The Morgan fingerprint density at radius 1 is 1.30 bits per heavy atom. The van der Waals surface area contributed by atoms with Crippen molar-refractivity contribution >= 4 is 38.6 Å². The molecule has 150 valence electrons. The molecule has 0 atom stereocenters. The number of aromatic amines is 1. The number of aromatic nitrogens is 3. The second-order valence-electron chi connectivity index (χ2n) is 6.58. The highest BCUT2D eigenvalue weighted by molar-refractivity contribution is 9.10. The molecule has 2 aromatic carbocycles. The lowest BCUT2D eigenvalue weighted by molar-refractivity contribution is 0.436. The van der Waals surface area contributed by atoms with E-state index in [-0.39, 0.29) is 23.5 Å². The zero-order valence-electron chi connectivity index (χ0n) is 15.5. The fraction of sp³-hybridized carbons (Fsp3) is 0.0952. The standard InChI is InChI=1S/C21H13BrClFN4O2/c1-28-18(29)5-3-15-17(26-27-21(15)28)8-12-2-4-16(22)20(19(12)24)30-14-7-11(10-25)6-13(23)9-14/h2-7,9H,8H2,1H3,(H,26,27). The predicted molar refractivity (Wildman–Crippen MR) is 114 cm³/mol. The van der Waals surface area contributed by atoms with E-state index in [1.54, 1.807) is 25.2 Å². The third-order valence-electron chi connectivity index (χ3n) is 4.63. The molecule has 6 nitrogen and oxygen atoms in total. The lowest BCUT2D eigenvalue weighted by Gasteiger charge is -2.12. The molecule has 9 heteroatoms. The van der Waals surface area contributed by atoms with Crippen LogP contribution in [0.1, 0.15) is 16.8 Å². The number of hydrogen-bond donors (Lipinski definition) is 1. The van der Waals surface area contributed by atoms with E-state index in [1.807, 2.05) is 6.07 Å². The minimum Gasteiger partial charge on any atom is -0.453 e. The number of rotatable bonds is 4. The van der Waals surface area contributed by atoms with Crippen LogP contribution in [0.3, 0.4) is 0 Å². The van der Waals surface area contributed by atoms with Crippen LogP contribution in [0.25, 0.3) is 11.0 Å². The SMILES string of the molecule is Cn1c(=O)ccc2c(Cc3ccc(Br)c(Oc4cc(Cl)cc(C#N)c4)c3F)n[nH]c21. The van der Waals surface area contributed by atoms with Crippen molar-refractivity contribution in [1.82, 2.24) is 14.8 Å². The number of halogens is 3. The maximum absolute atomic E-state index is 15.3. The van der Waals surface area contributed by atoms with Crippen molar-refractivity contribution < 1.29 is 9.13 Å². The Balaban J connectivity index is 1.72. The fourth-order valence-electron chi connectivity index (χ4n) is 3.11. The molecule has 0 unspecified atom stereocenters. The van der Waals surface area contributed by atoms with Crippen LogP contribution in [0, 0.1) is 17.1 Å². The first kappa shape index (κ1) is 20.1. The molecule has 0 bridgehead atoms. The lowest BCUT2D eigenvalue weighted by atomic mass is 10.1. The number of pyridine rings is 1. The summed E-state index contributed by atoms with van der Waals surface area (Å²) in [6, 6.07) is 12.9. The second kappa shape index (κ2) is 7.94. The normalized spacial score (nSPS) is 10.9. The minimum absolute atomic E-state index is 0.0223. The molecule has 0 radical (unpaired) electrons. The van der Waals surface area contributed by atoms with Crippen LogP contribution in [0.5, 0.6) is 11.5 Å². The molecule has 30 heavy (non-hydrogen) atoms. The molecule has 0 aliphatic carbocycles. The van der Waals surface area contributed by atoms with E-state index in [0.717, 1.165) is 5.39 Å². The maximum Gasteiger partial charge on any atom is 0.251 e. The number of nitrogens with one attached hydrogen (secondary N) is 1. The summed E-state index contributed by atoms with van der Waals surface area (Å²) in [5.41, 5.74) is 1.66. The van der Waals surface area contributed by atoms with Crippen LogP contribution in [-0.2, 0) is 13.5 Å². The van der Waals surface area contributed by atoms with Crippen molar-refractivity contribution in [2.45, 2.75) is 6.42 Å². The third kappa shape index (κ3) is 3.70. The molecule has 0 spiro atoms. The van der Waals surface area contributed by atoms with Crippen molar-refractivity contribution in [1.29, 1.82) is 5.26 Å². The van der Waals surface area contributed by atoms with Crippen molar-refractivity contribution in [2.75, 3.05) is 0 Å². The zero-order valence-corrected chi connectivity index (χ0v) is 17.9. The van der Waals surface area contributed by atoms with Gasteiger partial charge in [0, 0.05) is 29.9 Å². The summed E-state index contributed by atoms with van der Waals surface area (Å²) in [4.78, 5) is 11.8. The van der Waals surface area contributed by atoms with Crippen molar-refractivity contribution in [3.05, 3.63) is 85.0 Å². The van der Waals surface area contributed by atoms with E-state index in [0.29, 0.717) is 32.0 Å². The Morgan fingerprint density at radius 2 is 2.10 bits per heavy atom. The first-order valence-corrected chi connectivity index (χ1v) is 9.93. The topological polar surface area (TPSA) is 83.7 Å². The van der Waals surface area contributed by atoms with Crippen molar-refractivity contribution in [3.63, 3.8) is 0 Å². The molecule has 1 N–H and O–H groups in total. The van der Waals surface area contributed by atoms with E-state index in [9.17, 15) is 4.79 Å². The number of hydrogen-bond acceptors (Lipinski definition) is 4. The molecule has 0 saturated carbocycles. The molecule has 2 heterocycles. The molecule has 0 aliphatic rings. The Labute approximate surface area is 183 Å². The molecule has 0 aliphatic heterocycles. The Kier molecular flexibility index (Phi) is 5.33. The predicted octanol–water partition coefficient (Wildman–Crippen LogP) is 5.07. The quantitative estimate of drug-likeness (QED) is 0.435. The molecular formula is C21H13BrClFN4O2. The smallest absolute Gasteiger partial charge is 0.251 e. The maximum atomic E-state index is 15.3. The van der Waals surface area contributed by atoms with Gasteiger partial charge in [-0.15, -0.1) is 0 Å². The first-order valence-electron chi connectivity index (χ1n) is 8.76. The van der Waals surface area contributed by atoms with Crippen molar-refractivity contribution in [2.24, 2.45) is 7.05 Å². The molecule has 0 saturated heterocycles. The van der Waals surface area contributed by atoms with Gasteiger partial charge in [0.15, 0.2) is 11.6 Å². The number of fused-ring (bicyclic) bond motifs is 1. The third-order valence-corrected chi connectivity index (χ3v) is 5.47. The van der Waals surface area contributed by atoms with Crippen molar-refractivity contribution in [3.8, 4) is 17.6 Å². The number of nitrogens with zero attached hydrogens (tertiary/aromatic N) is 3. The van der Waals surface area contributed by atoms with E-state index < -0.39 is 5.82 Å². The minimum atomic E-state index is -0.566. The van der Waals surface area contributed by atoms with Gasteiger partial charge in [-0.25, -0.2) is 4.39 Å². The van der Waals surface area contributed by atoms with Gasteiger partial charge in [0.1, 0.15) is 11.4 Å². The number of nitriles is 1. The summed E-state index contributed by atoms with van der Waals surface area (Å²) in [7, 11) is 1.64. The molecule has 0 fully saturated rings. The average molecular weight is 488 g/mol.